The van der Waals surface area contributed by atoms with Gasteiger partial charge in [-0.05, 0) is 0 Å². The summed E-state index contributed by atoms with van der Waals surface area (Å²) in [6.45, 7) is 1.79. The van der Waals surface area contributed by atoms with Crippen LogP contribution in [0.4, 0.5) is 0 Å². The highest BCUT2D eigenvalue weighted by Gasteiger charge is 2.08. The number of hydrogen-bond donors (Lipinski definition) is 4. The molecule has 6 heteroatoms. The van der Waals surface area contributed by atoms with Crippen molar-refractivity contribution in [2.45, 2.75) is 12.6 Å². The van der Waals surface area contributed by atoms with Crippen molar-refractivity contribution in [1.29, 1.82) is 0 Å². The Kier molecular flexibility index (Phi) is 4.99. The van der Waals surface area contributed by atoms with Crippen LogP contribution in [-0.2, 0) is 6.54 Å². The van der Waals surface area contributed by atoms with Gasteiger partial charge >= 0.3 is 0 Å². The van der Waals surface area contributed by atoms with Gasteiger partial charge in [0.05, 0.1) is 18.3 Å². The number of rotatable bonds is 6. The van der Waals surface area contributed by atoms with Gasteiger partial charge in [-0.1, -0.05) is 0 Å². The van der Waals surface area contributed by atoms with E-state index in [-0.39, 0.29) is 12.6 Å². The van der Waals surface area contributed by atoms with Crippen molar-refractivity contribution in [2.24, 2.45) is 11.5 Å². The van der Waals surface area contributed by atoms with Crippen molar-refractivity contribution >= 4 is 11.3 Å². The zero-order valence-electron chi connectivity index (χ0n) is 7.94. The number of nitrogens with zero attached hydrogens (tertiary/aromatic N) is 1. The number of hydrogen-bond acceptors (Lipinski definition) is 6. The number of aliphatic hydroxyl groups excluding tert-OH is 1. The van der Waals surface area contributed by atoms with Crippen LogP contribution < -0.4 is 16.8 Å². The van der Waals surface area contributed by atoms with E-state index in [1.165, 1.54) is 11.3 Å². The standard InChI is InChI=1S/C8H16N4OS/c9-3-7(10)8-12-6(5-14-8)4-11-1-2-13/h5,7,11,13H,1-4,9-10H2/t7-/m0/s1. The molecule has 0 aromatic carbocycles. The Morgan fingerprint density at radius 2 is 2.43 bits per heavy atom. The third-order valence-corrected chi connectivity index (χ3v) is 2.76. The van der Waals surface area contributed by atoms with Gasteiger partial charge in [-0.2, -0.15) is 0 Å². The Morgan fingerprint density at radius 1 is 1.64 bits per heavy atom. The van der Waals surface area contributed by atoms with E-state index < -0.39 is 0 Å². The molecular weight excluding hydrogens is 200 g/mol. The minimum Gasteiger partial charge on any atom is -0.395 e. The van der Waals surface area contributed by atoms with Gasteiger partial charge in [0.2, 0.25) is 0 Å². The Balaban J connectivity index is 2.42. The zero-order valence-corrected chi connectivity index (χ0v) is 8.76. The molecule has 80 valence electrons. The fourth-order valence-electron chi connectivity index (χ4n) is 0.970. The fourth-order valence-corrected chi connectivity index (χ4v) is 1.80. The van der Waals surface area contributed by atoms with Crippen LogP contribution in [0.5, 0.6) is 0 Å². The highest BCUT2D eigenvalue weighted by atomic mass is 32.1. The molecule has 0 aliphatic carbocycles. The summed E-state index contributed by atoms with van der Waals surface area (Å²) >= 11 is 1.52. The molecule has 6 N–H and O–H groups in total. The minimum absolute atomic E-state index is 0.138. The number of aliphatic hydroxyl groups is 1. The van der Waals surface area contributed by atoms with Gasteiger partial charge in [-0.3, -0.25) is 0 Å². The summed E-state index contributed by atoms with van der Waals surface area (Å²) < 4.78 is 0. The summed E-state index contributed by atoms with van der Waals surface area (Å²) in [4.78, 5) is 4.32. The van der Waals surface area contributed by atoms with E-state index in [2.05, 4.69) is 10.3 Å². The van der Waals surface area contributed by atoms with Crippen molar-refractivity contribution in [3.63, 3.8) is 0 Å². The van der Waals surface area contributed by atoms with E-state index in [9.17, 15) is 0 Å². The predicted molar refractivity (Wildman–Crippen MR) is 56.9 cm³/mol. The summed E-state index contributed by atoms with van der Waals surface area (Å²) in [6, 6.07) is -0.161. The first-order chi connectivity index (χ1) is 6.77. The van der Waals surface area contributed by atoms with E-state index in [1.807, 2.05) is 5.38 Å². The fraction of sp³-hybridized carbons (Fsp3) is 0.625. The maximum Gasteiger partial charge on any atom is 0.111 e. The largest absolute Gasteiger partial charge is 0.395 e. The molecule has 0 unspecified atom stereocenters. The maximum atomic E-state index is 8.56. The molecule has 14 heavy (non-hydrogen) atoms. The minimum atomic E-state index is -0.161. The summed E-state index contributed by atoms with van der Waals surface area (Å²) in [5.74, 6) is 0. The second kappa shape index (κ2) is 6.05. The third-order valence-electron chi connectivity index (χ3n) is 1.74. The van der Waals surface area contributed by atoms with E-state index in [1.54, 1.807) is 0 Å². The Labute approximate surface area is 87.1 Å². The molecule has 1 atom stereocenters. The van der Waals surface area contributed by atoms with Gasteiger partial charge in [-0.15, -0.1) is 11.3 Å². The van der Waals surface area contributed by atoms with Crippen LogP contribution in [0.1, 0.15) is 16.7 Å². The number of aromatic nitrogens is 1. The molecule has 0 aliphatic heterocycles. The molecule has 0 fully saturated rings. The lowest BCUT2D eigenvalue weighted by molar-refractivity contribution is 0.291. The van der Waals surface area contributed by atoms with Crippen molar-refractivity contribution in [3.8, 4) is 0 Å². The van der Waals surface area contributed by atoms with Crippen LogP contribution in [0.2, 0.25) is 0 Å². The van der Waals surface area contributed by atoms with Crippen LogP contribution in [0.25, 0.3) is 0 Å². The lowest BCUT2D eigenvalue weighted by Crippen LogP contribution is -2.21. The van der Waals surface area contributed by atoms with Gasteiger partial charge in [0.1, 0.15) is 5.01 Å². The molecule has 1 heterocycles. The lowest BCUT2D eigenvalue weighted by atomic mass is 10.3. The summed E-state index contributed by atoms with van der Waals surface area (Å²) in [5.41, 5.74) is 12.1. The quantitative estimate of drug-likeness (QED) is 0.466. The molecule has 0 bridgehead atoms. The molecule has 1 rings (SSSR count). The zero-order chi connectivity index (χ0) is 10.4. The van der Waals surface area contributed by atoms with Gasteiger partial charge in [0.25, 0.3) is 0 Å². The van der Waals surface area contributed by atoms with E-state index in [0.29, 0.717) is 19.6 Å². The molecule has 0 saturated carbocycles. The molecule has 0 radical (unpaired) electrons. The van der Waals surface area contributed by atoms with Crippen molar-refractivity contribution in [1.82, 2.24) is 10.3 Å². The van der Waals surface area contributed by atoms with Gasteiger partial charge in [0.15, 0.2) is 0 Å². The normalized spacial score (nSPS) is 13.1. The van der Waals surface area contributed by atoms with Crippen LogP contribution in [0.15, 0.2) is 5.38 Å². The topological polar surface area (TPSA) is 97.2 Å². The average molecular weight is 216 g/mol. The van der Waals surface area contributed by atoms with Gasteiger partial charge in [0, 0.05) is 25.0 Å². The monoisotopic (exact) mass is 216 g/mol. The number of nitrogens with two attached hydrogens (primary N) is 2. The molecule has 0 saturated heterocycles. The molecule has 0 amide bonds. The molecule has 1 aromatic heterocycles. The molecular formula is C8H16N4OS. The van der Waals surface area contributed by atoms with E-state index in [0.717, 1.165) is 10.7 Å². The van der Waals surface area contributed by atoms with Gasteiger partial charge in [-0.25, -0.2) is 4.98 Å². The number of nitrogens with one attached hydrogen (secondary N) is 1. The Morgan fingerprint density at radius 3 is 3.07 bits per heavy atom. The molecule has 0 aliphatic rings. The van der Waals surface area contributed by atoms with Crippen LogP contribution in [-0.4, -0.2) is 29.8 Å². The third kappa shape index (κ3) is 3.32. The van der Waals surface area contributed by atoms with Crippen molar-refractivity contribution < 1.29 is 5.11 Å². The SMILES string of the molecule is NC[C@H](N)c1nc(CNCCO)cs1. The lowest BCUT2D eigenvalue weighted by Gasteiger charge is -2.02. The summed E-state index contributed by atoms with van der Waals surface area (Å²) in [5, 5.41) is 14.4. The number of thiazole rings is 1. The second-order valence-electron chi connectivity index (χ2n) is 2.92. The Bertz CT molecular complexity index is 266. The average Bonchev–Trinajstić information content (AvgIpc) is 2.66. The smallest absolute Gasteiger partial charge is 0.111 e. The van der Waals surface area contributed by atoms with Crippen molar-refractivity contribution in [2.75, 3.05) is 19.7 Å². The predicted octanol–water partition coefficient (Wildman–Crippen LogP) is -0.816. The van der Waals surface area contributed by atoms with Crippen molar-refractivity contribution in [3.05, 3.63) is 16.1 Å². The van der Waals surface area contributed by atoms with E-state index in [4.69, 9.17) is 16.6 Å². The van der Waals surface area contributed by atoms with Crippen LogP contribution in [0.3, 0.4) is 0 Å². The highest BCUT2D eigenvalue weighted by Crippen LogP contribution is 2.15. The van der Waals surface area contributed by atoms with Crippen LogP contribution in [0, 0.1) is 0 Å². The second-order valence-corrected chi connectivity index (χ2v) is 3.81. The molecule has 0 spiro atoms. The first-order valence-corrected chi connectivity index (χ1v) is 5.37. The molecule has 5 nitrogen and oxygen atoms in total. The summed E-state index contributed by atoms with van der Waals surface area (Å²) in [6.07, 6.45) is 0. The van der Waals surface area contributed by atoms with E-state index >= 15 is 0 Å². The van der Waals surface area contributed by atoms with Crippen LogP contribution >= 0.6 is 11.3 Å². The first-order valence-electron chi connectivity index (χ1n) is 4.49. The highest BCUT2D eigenvalue weighted by molar-refractivity contribution is 7.09. The summed E-state index contributed by atoms with van der Waals surface area (Å²) in [7, 11) is 0. The Hall–Kier alpha value is -0.530. The molecule has 1 aromatic rings. The first kappa shape index (κ1) is 11.5. The maximum absolute atomic E-state index is 8.56. The van der Waals surface area contributed by atoms with Gasteiger partial charge < -0.3 is 21.9 Å².